The van der Waals surface area contributed by atoms with Crippen LogP contribution in [-0.2, 0) is 63.8 Å². The smallest absolute Gasteiger partial charge is 0.426 e. The summed E-state index contributed by atoms with van der Waals surface area (Å²) in [4.78, 5) is 150. The number of carbonyl (C=O) groups excluding carboxylic acids is 9. The van der Waals surface area contributed by atoms with Crippen molar-refractivity contribution in [3.05, 3.63) is 45.9 Å². The number of amides is 7. The molecule has 0 saturated carbocycles. The number of rotatable bonds is 35. The van der Waals surface area contributed by atoms with Gasteiger partial charge in [0.25, 0.3) is 5.91 Å². The van der Waals surface area contributed by atoms with Gasteiger partial charge < -0.3 is 61.4 Å². The number of phenolic OH excluding ortho intramolecular Hbond substituents is 1. The average Bonchev–Trinajstić information content (AvgIpc) is 4.21. The van der Waals surface area contributed by atoms with Gasteiger partial charge in [0.2, 0.25) is 29.5 Å². The monoisotopic (exact) mass is 1250 g/mol. The topological polar surface area (TPSA) is 394 Å². The number of likely N-dealkylation sites (tertiary alicyclic amines) is 1. The predicted molar refractivity (Wildman–Crippen MR) is 316 cm³/mol. The van der Waals surface area contributed by atoms with Crippen molar-refractivity contribution in [3.8, 4) is 5.75 Å². The van der Waals surface area contributed by atoms with Crippen LogP contribution in [0, 0.1) is 17.8 Å². The van der Waals surface area contributed by atoms with Crippen molar-refractivity contribution in [1.29, 1.82) is 0 Å². The van der Waals surface area contributed by atoms with Gasteiger partial charge in [-0.2, -0.15) is 0 Å². The third-order valence-electron chi connectivity index (χ3n) is 13.8. The zero-order chi connectivity index (χ0) is 63.5. The summed E-state index contributed by atoms with van der Waals surface area (Å²) in [6.07, 6.45) is 0.796. The number of aliphatic carboxylic acids is 2. The fraction of sp³-hybridized carbons (Fsp3) is 0.636. The van der Waals surface area contributed by atoms with Gasteiger partial charge in [-0.05, 0) is 82.2 Å². The van der Waals surface area contributed by atoms with Crippen molar-refractivity contribution in [2.24, 2.45) is 23.5 Å². The van der Waals surface area contributed by atoms with Gasteiger partial charge in [-0.15, -0.1) is 11.3 Å². The molecule has 1 aromatic heterocycles. The van der Waals surface area contributed by atoms with Crippen LogP contribution in [0.1, 0.15) is 140 Å². The minimum atomic E-state index is -1.58. The molecule has 1 aromatic carbocycles. The van der Waals surface area contributed by atoms with Crippen molar-refractivity contribution >= 4 is 98.3 Å². The Morgan fingerprint density at radius 2 is 1.54 bits per heavy atom. The van der Waals surface area contributed by atoms with Crippen LogP contribution in [0.25, 0.3) is 0 Å². The van der Waals surface area contributed by atoms with Crippen molar-refractivity contribution in [1.82, 2.24) is 46.9 Å². The lowest BCUT2D eigenvalue weighted by atomic mass is 9.92. The number of hydrogen-bond donors (Lipinski definition) is 10. The highest BCUT2D eigenvalue weighted by atomic mass is 33.1. The van der Waals surface area contributed by atoms with Gasteiger partial charge in [-0.25, -0.2) is 20.0 Å². The van der Waals surface area contributed by atoms with Gasteiger partial charge in [-0.1, -0.05) is 88.1 Å². The SMILES string of the molecule is CCCC(=O)OCN(C(=O)[C@@H](NC(=O)[C@H]1CCCCN1C)C(C)CC)[C@H](C[C@@H](OC(C)=O)c1nc(C(=O)N[C@@H](Cc2ccc(O)cc2)C[C@H](C)C(=O)NNC(=O)OCCSSC[C@H](NC(=O)[C@H](CC(=O)O)NC(=O)[C@H](C)N)C(=O)O)cs1)C(C)C. The van der Waals surface area contributed by atoms with E-state index in [2.05, 4.69) is 37.1 Å². The van der Waals surface area contributed by atoms with Crippen molar-refractivity contribution in [2.75, 3.05) is 38.4 Å². The number of nitrogens with one attached hydrogen (secondary N) is 6. The maximum atomic E-state index is 14.9. The first-order valence-corrected chi connectivity index (χ1v) is 31.5. The fourth-order valence-electron chi connectivity index (χ4n) is 8.83. The van der Waals surface area contributed by atoms with Crippen LogP contribution in [0.3, 0.4) is 0 Å². The summed E-state index contributed by atoms with van der Waals surface area (Å²) in [5.41, 5.74) is 10.6. The second-order valence-corrected chi connectivity index (χ2v) is 24.7. The number of piperidine rings is 1. The highest BCUT2D eigenvalue weighted by molar-refractivity contribution is 8.76. The number of phenols is 1. The Hall–Kier alpha value is -6.76. The number of aromatic nitrogens is 1. The molecule has 11 N–H and O–H groups in total. The number of nitrogens with two attached hydrogens (primary N) is 1. The number of hydrogen-bond acceptors (Lipinski definition) is 21. The van der Waals surface area contributed by atoms with Crippen LogP contribution in [0.5, 0.6) is 5.75 Å². The summed E-state index contributed by atoms with van der Waals surface area (Å²) in [6.45, 7) is 13.5. The Kier molecular flexibility index (Phi) is 31.5. The predicted octanol–water partition coefficient (Wildman–Crippen LogP) is 3.39. The number of carboxylic acids is 2. The lowest BCUT2D eigenvalue weighted by molar-refractivity contribution is -0.160. The highest BCUT2D eigenvalue weighted by Crippen LogP contribution is 2.32. The molecule has 30 heteroatoms. The largest absolute Gasteiger partial charge is 0.508 e. The second kappa shape index (κ2) is 36.9. The van der Waals surface area contributed by atoms with Crippen LogP contribution in [0.15, 0.2) is 29.6 Å². The summed E-state index contributed by atoms with van der Waals surface area (Å²) in [5.74, 6) is -9.55. The summed E-state index contributed by atoms with van der Waals surface area (Å²) in [5, 5.41) is 40.8. The molecule has 1 aliphatic heterocycles. The number of thiazole rings is 1. The third-order valence-corrected chi connectivity index (χ3v) is 17.1. The zero-order valence-electron chi connectivity index (χ0n) is 49.5. The number of carboxylic acid groups (broad SMARTS) is 2. The van der Waals surface area contributed by atoms with E-state index in [1.165, 1.54) is 36.3 Å². The van der Waals surface area contributed by atoms with Crippen LogP contribution in [0.2, 0.25) is 0 Å². The Balaban J connectivity index is 1.73. The molecule has 85 heavy (non-hydrogen) atoms. The number of aromatic hydroxyl groups is 1. The van der Waals surface area contributed by atoms with E-state index < -0.39 is 127 Å². The molecule has 27 nitrogen and oxygen atoms in total. The summed E-state index contributed by atoms with van der Waals surface area (Å²) >= 11 is 1.03. The first-order valence-electron chi connectivity index (χ1n) is 28.1. The van der Waals surface area contributed by atoms with E-state index in [0.29, 0.717) is 24.8 Å². The molecule has 2 aromatic rings. The van der Waals surface area contributed by atoms with E-state index >= 15 is 0 Å². The lowest BCUT2D eigenvalue weighted by Crippen LogP contribution is -2.59. The maximum Gasteiger partial charge on any atom is 0.426 e. The Labute approximate surface area is 506 Å². The Morgan fingerprint density at radius 1 is 0.859 bits per heavy atom. The summed E-state index contributed by atoms with van der Waals surface area (Å²) < 4.78 is 16.7. The minimum absolute atomic E-state index is 0.00327. The molecule has 474 valence electrons. The van der Waals surface area contributed by atoms with Crippen molar-refractivity contribution in [3.63, 3.8) is 0 Å². The van der Waals surface area contributed by atoms with E-state index in [-0.39, 0.29) is 78.0 Å². The standard InChI is InChI=1S/C55H84N10O17S3/c1-10-14-45(70)81-29-65(53(76)46(31(5)11-2)61-51(75)41-15-12-13-20-64(41)9)42(30(3)4)26-43(82-34(8)66)52-60-39(27-83-52)50(74)57-36(24-35-16-18-37(67)19-17-35)23-32(6)47(71)62-63-55(79)80-21-22-84-85-28-40(54(77)78)59-49(73)38(25-44(68)69)58-48(72)33(7)56/h16-19,27,30-33,36,38,40-43,46,67H,10-15,20-26,28-29,56H2,1-9H3,(H,57,74)(H,58,72)(H,59,73)(H,61,75)(H,62,71)(H,63,79)(H,68,69)(H,77,78)/t31?,32-,33-,36+,38-,40-,41+,42+,43+,46-/m0/s1. The number of nitrogens with zero attached hydrogens (tertiary/aromatic N) is 3. The number of hydrazine groups is 1. The van der Waals surface area contributed by atoms with Gasteiger partial charge in [-0.3, -0.25) is 53.5 Å². The molecular formula is C55H84N10O17S3. The van der Waals surface area contributed by atoms with Gasteiger partial charge in [0, 0.05) is 54.7 Å². The van der Waals surface area contributed by atoms with E-state index in [1.807, 2.05) is 46.6 Å². The van der Waals surface area contributed by atoms with E-state index in [1.54, 1.807) is 19.1 Å². The van der Waals surface area contributed by atoms with Crippen LogP contribution in [0.4, 0.5) is 4.79 Å². The molecule has 1 saturated heterocycles. The molecule has 3 rings (SSSR count). The lowest BCUT2D eigenvalue weighted by Gasteiger charge is -2.39. The third kappa shape index (κ3) is 25.4. The molecule has 7 amide bonds. The number of esters is 2. The van der Waals surface area contributed by atoms with E-state index in [9.17, 15) is 68.1 Å². The molecule has 1 fully saturated rings. The van der Waals surface area contributed by atoms with Gasteiger partial charge >= 0.3 is 30.0 Å². The number of likely N-dealkylation sites (N-methyl/N-ethyl adjacent to an activating group) is 1. The Bertz CT molecular complexity index is 2580. The molecule has 2 heterocycles. The molecule has 0 spiro atoms. The molecule has 1 unspecified atom stereocenters. The molecule has 0 radical (unpaired) electrons. The fourth-order valence-corrected chi connectivity index (χ4v) is 11.7. The van der Waals surface area contributed by atoms with Crippen molar-refractivity contribution in [2.45, 2.75) is 168 Å². The Morgan fingerprint density at radius 3 is 2.14 bits per heavy atom. The van der Waals surface area contributed by atoms with Crippen LogP contribution >= 0.6 is 32.9 Å². The van der Waals surface area contributed by atoms with Gasteiger partial charge in [0.1, 0.15) is 41.2 Å². The average molecular weight is 1250 g/mol. The maximum absolute atomic E-state index is 14.9. The van der Waals surface area contributed by atoms with Gasteiger partial charge in [0.05, 0.1) is 18.5 Å². The molecule has 10 atom stereocenters. The highest BCUT2D eigenvalue weighted by Gasteiger charge is 2.40. The first kappa shape index (κ1) is 72.5. The molecule has 0 aliphatic carbocycles. The first-order chi connectivity index (χ1) is 40.1. The van der Waals surface area contributed by atoms with E-state index in [4.69, 9.17) is 19.9 Å². The van der Waals surface area contributed by atoms with Crippen molar-refractivity contribution < 1.29 is 82.3 Å². The number of ether oxygens (including phenoxy) is 3. The summed E-state index contributed by atoms with van der Waals surface area (Å²) in [6, 6.07) is -0.832. The van der Waals surface area contributed by atoms with Crippen LogP contribution < -0.4 is 37.9 Å². The van der Waals surface area contributed by atoms with Crippen LogP contribution in [-0.4, -0.2) is 176 Å². The zero-order valence-corrected chi connectivity index (χ0v) is 52.0. The molecule has 1 aliphatic rings. The second-order valence-electron chi connectivity index (χ2n) is 21.2. The number of benzene rings is 1. The minimum Gasteiger partial charge on any atom is -0.508 e. The van der Waals surface area contributed by atoms with Gasteiger partial charge in [0.15, 0.2) is 12.8 Å². The molecular weight excluding hydrogens is 1170 g/mol. The summed E-state index contributed by atoms with van der Waals surface area (Å²) in [7, 11) is 3.95. The normalized spacial score (nSPS) is 16.5. The molecule has 0 bridgehead atoms. The van der Waals surface area contributed by atoms with E-state index in [0.717, 1.165) is 52.3 Å². The quantitative estimate of drug-likeness (QED) is 0.0118. The number of carbonyl (C=O) groups is 11.